The molecule has 0 bridgehead atoms. The molecule has 0 amide bonds. The number of thiophene rings is 1. The Morgan fingerprint density at radius 2 is 2.04 bits per heavy atom. The Labute approximate surface area is 167 Å². The molecule has 28 heavy (non-hydrogen) atoms. The lowest BCUT2D eigenvalue weighted by atomic mass is 10.2. The Bertz CT molecular complexity index is 814. The standard InChI is InChI=1S/C21H23NO5S/c23-17(14-24-13-16-5-6-20-21(9-16)27-15-26-20)10-22(11-18-3-1-7-25-18)12-19-4-2-8-28-19/h1-9,17,23H,10-15H2. The highest BCUT2D eigenvalue weighted by Gasteiger charge is 2.16. The van der Waals surface area contributed by atoms with E-state index in [1.54, 1.807) is 17.6 Å². The molecule has 3 aromatic rings. The summed E-state index contributed by atoms with van der Waals surface area (Å²) in [7, 11) is 0. The minimum atomic E-state index is -0.594. The van der Waals surface area contributed by atoms with Gasteiger partial charge in [0.1, 0.15) is 5.76 Å². The van der Waals surface area contributed by atoms with Gasteiger partial charge in [0.15, 0.2) is 11.5 Å². The van der Waals surface area contributed by atoms with Crippen LogP contribution in [0.25, 0.3) is 0 Å². The molecule has 1 unspecified atom stereocenters. The van der Waals surface area contributed by atoms with Crippen LogP contribution in [0.1, 0.15) is 16.2 Å². The summed E-state index contributed by atoms with van der Waals surface area (Å²) < 4.78 is 21.9. The van der Waals surface area contributed by atoms with Crippen molar-refractivity contribution in [2.45, 2.75) is 25.8 Å². The third-order valence-electron chi connectivity index (χ3n) is 4.40. The molecule has 0 spiro atoms. The average molecular weight is 401 g/mol. The number of aliphatic hydroxyl groups excluding tert-OH is 1. The van der Waals surface area contributed by atoms with Crippen LogP contribution in [0.2, 0.25) is 0 Å². The summed E-state index contributed by atoms with van der Waals surface area (Å²) in [6, 6.07) is 13.7. The number of benzene rings is 1. The van der Waals surface area contributed by atoms with Crippen molar-refractivity contribution >= 4 is 11.3 Å². The van der Waals surface area contributed by atoms with Gasteiger partial charge in [-0.2, -0.15) is 0 Å². The van der Waals surface area contributed by atoms with Crippen LogP contribution in [0.5, 0.6) is 11.5 Å². The van der Waals surface area contributed by atoms with E-state index in [0.29, 0.717) is 19.7 Å². The first-order valence-corrected chi connectivity index (χ1v) is 10.1. The predicted molar refractivity (Wildman–Crippen MR) is 105 cm³/mol. The number of fused-ring (bicyclic) bond motifs is 1. The van der Waals surface area contributed by atoms with Gasteiger partial charge in [0.25, 0.3) is 0 Å². The number of nitrogens with zero attached hydrogens (tertiary/aromatic N) is 1. The van der Waals surface area contributed by atoms with Crippen molar-refractivity contribution in [1.29, 1.82) is 0 Å². The van der Waals surface area contributed by atoms with Gasteiger partial charge < -0.3 is 23.7 Å². The van der Waals surface area contributed by atoms with Gasteiger partial charge in [0, 0.05) is 18.0 Å². The van der Waals surface area contributed by atoms with Gasteiger partial charge in [0.2, 0.25) is 6.79 Å². The highest BCUT2D eigenvalue weighted by molar-refractivity contribution is 7.09. The first-order valence-electron chi connectivity index (χ1n) is 9.18. The highest BCUT2D eigenvalue weighted by Crippen LogP contribution is 2.32. The average Bonchev–Trinajstić information content (AvgIpc) is 3.44. The summed E-state index contributed by atoms with van der Waals surface area (Å²) in [4.78, 5) is 3.42. The number of hydrogen-bond donors (Lipinski definition) is 1. The summed E-state index contributed by atoms with van der Waals surface area (Å²) in [5.41, 5.74) is 0.988. The molecule has 148 valence electrons. The van der Waals surface area contributed by atoms with Crippen LogP contribution in [0, 0.1) is 0 Å². The summed E-state index contributed by atoms with van der Waals surface area (Å²) in [6.07, 6.45) is 1.08. The number of furan rings is 1. The van der Waals surface area contributed by atoms with Crippen LogP contribution in [0.4, 0.5) is 0 Å². The molecule has 4 rings (SSSR count). The lowest BCUT2D eigenvalue weighted by Crippen LogP contribution is -2.34. The van der Waals surface area contributed by atoms with E-state index in [4.69, 9.17) is 18.6 Å². The van der Waals surface area contributed by atoms with E-state index in [0.717, 1.165) is 29.4 Å². The van der Waals surface area contributed by atoms with Crippen molar-refractivity contribution in [2.75, 3.05) is 19.9 Å². The first kappa shape index (κ1) is 19.0. The molecule has 1 aromatic carbocycles. The molecule has 1 aliphatic rings. The lowest BCUT2D eigenvalue weighted by Gasteiger charge is -2.23. The first-order chi connectivity index (χ1) is 13.8. The highest BCUT2D eigenvalue weighted by atomic mass is 32.1. The zero-order chi connectivity index (χ0) is 19.2. The van der Waals surface area contributed by atoms with Crippen LogP contribution in [-0.2, 0) is 24.4 Å². The molecular formula is C21H23NO5S. The Morgan fingerprint density at radius 1 is 1.11 bits per heavy atom. The van der Waals surface area contributed by atoms with E-state index in [1.807, 2.05) is 36.4 Å². The van der Waals surface area contributed by atoms with Crippen molar-refractivity contribution in [1.82, 2.24) is 4.90 Å². The van der Waals surface area contributed by atoms with E-state index < -0.39 is 6.10 Å². The summed E-state index contributed by atoms with van der Waals surface area (Å²) in [6.45, 7) is 2.83. The van der Waals surface area contributed by atoms with Gasteiger partial charge in [-0.3, -0.25) is 4.90 Å². The topological polar surface area (TPSA) is 64.3 Å². The molecule has 7 heteroatoms. The van der Waals surface area contributed by atoms with E-state index in [2.05, 4.69) is 16.3 Å². The largest absolute Gasteiger partial charge is 0.468 e. The van der Waals surface area contributed by atoms with Gasteiger partial charge in [-0.15, -0.1) is 11.3 Å². The molecule has 0 saturated carbocycles. The molecule has 2 aromatic heterocycles. The van der Waals surface area contributed by atoms with Crippen molar-refractivity contribution < 1.29 is 23.7 Å². The molecule has 3 heterocycles. The maximum atomic E-state index is 10.5. The molecule has 0 fully saturated rings. The Kier molecular flexibility index (Phi) is 6.28. The normalized spacial score (nSPS) is 13.9. The molecule has 0 aliphatic carbocycles. The fourth-order valence-electron chi connectivity index (χ4n) is 3.13. The lowest BCUT2D eigenvalue weighted by molar-refractivity contribution is 0.00627. The summed E-state index contributed by atoms with van der Waals surface area (Å²) >= 11 is 1.71. The number of ether oxygens (including phenoxy) is 3. The summed E-state index contributed by atoms with van der Waals surface area (Å²) in [5.74, 6) is 2.37. The second-order valence-corrected chi connectivity index (χ2v) is 7.72. The molecule has 0 radical (unpaired) electrons. The van der Waals surface area contributed by atoms with Gasteiger partial charge in [-0.25, -0.2) is 0 Å². The van der Waals surface area contributed by atoms with Crippen molar-refractivity contribution in [3.63, 3.8) is 0 Å². The molecule has 1 N–H and O–H groups in total. The van der Waals surface area contributed by atoms with Crippen LogP contribution >= 0.6 is 11.3 Å². The SMILES string of the molecule is OC(COCc1ccc2c(c1)OCO2)CN(Cc1ccco1)Cc1cccs1. The summed E-state index contributed by atoms with van der Waals surface area (Å²) in [5, 5.41) is 12.5. The number of rotatable bonds is 10. The smallest absolute Gasteiger partial charge is 0.231 e. The van der Waals surface area contributed by atoms with Crippen LogP contribution in [-0.4, -0.2) is 36.1 Å². The van der Waals surface area contributed by atoms with E-state index >= 15 is 0 Å². The Balaban J connectivity index is 1.27. The third-order valence-corrected chi connectivity index (χ3v) is 5.27. The fourth-order valence-corrected chi connectivity index (χ4v) is 3.87. The molecule has 6 nitrogen and oxygen atoms in total. The molecule has 0 saturated heterocycles. The zero-order valence-corrected chi connectivity index (χ0v) is 16.3. The molecular weight excluding hydrogens is 378 g/mol. The monoisotopic (exact) mass is 401 g/mol. The van der Waals surface area contributed by atoms with E-state index in [9.17, 15) is 5.11 Å². The van der Waals surface area contributed by atoms with E-state index in [1.165, 1.54) is 4.88 Å². The second kappa shape index (κ2) is 9.25. The van der Waals surface area contributed by atoms with Gasteiger partial charge in [-0.1, -0.05) is 12.1 Å². The molecule has 1 aliphatic heterocycles. The minimum Gasteiger partial charge on any atom is -0.468 e. The van der Waals surface area contributed by atoms with Crippen molar-refractivity contribution in [2.24, 2.45) is 0 Å². The quantitative estimate of drug-likeness (QED) is 0.560. The van der Waals surface area contributed by atoms with Gasteiger partial charge >= 0.3 is 0 Å². The predicted octanol–water partition coefficient (Wildman–Crippen LogP) is 3.65. The number of hydrogen-bond acceptors (Lipinski definition) is 7. The van der Waals surface area contributed by atoms with Crippen LogP contribution in [0.15, 0.2) is 58.5 Å². The fraction of sp³-hybridized carbons (Fsp3) is 0.333. The Morgan fingerprint density at radius 3 is 2.86 bits per heavy atom. The van der Waals surface area contributed by atoms with Crippen molar-refractivity contribution in [3.8, 4) is 11.5 Å². The van der Waals surface area contributed by atoms with E-state index in [-0.39, 0.29) is 13.4 Å². The van der Waals surface area contributed by atoms with Crippen LogP contribution < -0.4 is 9.47 Å². The maximum absolute atomic E-state index is 10.5. The third kappa shape index (κ3) is 5.14. The van der Waals surface area contributed by atoms with Crippen molar-refractivity contribution in [3.05, 3.63) is 70.3 Å². The molecule has 1 atom stereocenters. The van der Waals surface area contributed by atoms with Gasteiger partial charge in [-0.05, 0) is 41.3 Å². The Hall–Kier alpha value is -2.32. The van der Waals surface area contributed by atoms with Crippen LogP contribution in [0.3, 0.4) is 0 Å². The zero-order valence-electron chi connectivity index (χ0n) is 15.5. The number of aliphatic hydroxyl groups is 1. The maximum Gasteiger partial charge on any atom is 0.231 e. The minimum absolute atomic E-state index is 0.257. The second-order valence-electron chi connectivity index (χ2n) is 6.68. The van der Waals surface area contributed by atoms with Gasteiger partial charge in [0.05, 0.1) is 32.1 Å².